The van der Waals surface area contributed by atoms with Crippen LogP contribution in [0, 0.1) is 0 Å². The predicted octanol–water partition coefficient (Wildman–Crippen LogP) is 1.41. The number of nitrogens with two attached hydrogens (primary N) is 1. The van der Waals surface area contributed by atoms with E-state index in [1.807, 2.05) is 4.90 Å². The molecule has 0 bridgehead atoms. The summed E-state index contributed by atoms with van der Waals surface area (Å²) < 4.78 is 12.3. The average molecular weight is 372 g/mol. The van der Waals surface area contributed by atoms with Crippen molar-refractivity contribution in [2.45, 2.75) is 25.3 Å². The van der Waals surface area contributed by atoms with Crippen molar-refractivity contribution in [3.05, 3.63) is 42.0 Å². The molecule has 144 valence electrons. The average Bonchev–Trinajstić information content (AvgIpc) is 3.14. The summed E-state index contributed by atoms with van der Waals surface area (Å²) in [7, 11) is 3.10. The molecule has 2 heterocycles. The van der Waals surface area contributed by atoms with Crippen molar-refractivity contribution in [1.29, 1.82) is 0 Å². The number of rotatable bonds is 6. The van der Waals surface area contributed by atoms with E-state index >= 15 is 0 Å². The highest BCUT2D eigenvalue weighted by Crippen LogP contribution is 2.30. The van der Waals surface area contributed by atoms with E-state index in [1.54, 1.807) is 42.3 Å². The molecule has 1 saturated heterocycles. The first kappa shape index (κ1) is 18.8. The zero-order valence-electron chi connectivity index (χ0n) is 15.6. The van der Waals surface area contributed by atoms with Gasteiger partial charge in [-0.05, 0) is 25.0 Å². The van der Waals surface area contributed by atoms with Crippen molar-refractivity contribution in [1.82, 2.24) is 14.5 Å². The van der Waals surface area contributed by atoms with Gasteiger partial charge in [0, 0.05) is 37.5 Å². The molecule has 0 radical (unpaired) electrons. The largest absolute Gasteiger partial charge is 0.497 e. The number of benzene rings is 1. The second-order valence-corrected chi connectivity index (χ2v) is 6.54. The Bertz CT molecular complexity index is 833. The lowest BCUT2D eigenvalue weighted by molar-refractivity contribution is -0.118. The Labute approximate surface area is 157 Å². The van der Waals surface area contributed by atoms with Crippen molar-refractivity contribution < 1.29 is 19.1 Å². The highest BCUT2D eigenvalue weighted by molar-refractivity contribution is 5.97. The summed E-state index contributed by atoms with van der Waals surface area (Å²) in [6.45, 7) is 1.29. The molecule has 3 rings (SSSR count). The third kappa shape index (κ3) is 4.05. The van der Waals surface area contributed by atoms with E-state index in [2.05, 4.69) is 4.98 Å². The fourth-order valence-corrected chi connectivity index (χ4v) is 3.50. The number of aromatic nitrogens is 2. The molecular weight excluding hydrogens is 348 g/mol. The van der Waals surface area contributed by atoms with Gasteiger partial charge in [0.2, 0.25) is 5.91 Å². The molecule has 1 aromatic carbocycles. The van der Waals surface area contributed by atoms with Crippen molar-refractivity contribution in [2.75, 3.05) is 27.3 Å². The Balaban J connectivity index is 1.79. The quantitative estimate of drug-likeness (QED) is 0.826. The van der Waals surface area contributed by atoms with Gasteiger partial charge in [0.05, 0.1) is 19.8 Å². The van der Waals surface area contributed by atoms with Crippen LogP contribution < -0.4 is 15.2 Å². The van der Waals surface area contributed by atoms with Crippen LogP contribution in [0.15, 0.2) is 30.6 Å². The fourth-order valence-electron chi connectivity index (χ4n) is 3.50. The van der Waals surface area contributed by atoms with Crippen LogP contribution in [0.5, 0.6) is 11.5 Å². The van der Waals surface area contributed by atoms with Gasteiger partial charge in [0.15, 0.2) is 0 Å². The van der Waals surface area contributed by atoms with Gasteiger partial charge < -0.3 is 24.7 Å². The minimum Gasteiger partial charge on any atom is -0.497 e. The lowest BCUT2D eigenvalue weighted by atomic mass is 9.96. The van der Waals surface area contributed by atoms with Crippen LogP contribution in [-0.2, 0) is 11.3 Å². The summed E-state index contributed by atoms with van der Waals surface area (Å²) in [6, 6.07) is 5.17. The molecule has 1 aliphatic heterocycles. The van der Waals surface area contributed by atoms with E-state index in [9.17, 15) is 9.59 Å². The number of methoxy groups -OCH3 is 2. The second kappa shape index (κ2) is 8.11. The van der Waals surface area contributed by atoms with Gasteiger partial charge in [-0.15, -0.1) is 0 Å². The molecule has 0 spiro atoms. The van der Waals surface area contributed by atoms with E-state index in [4.69, 9.17) is 15.2 Å². The molecule has 1 aromatic heterocycles. The zero-order chi connectivity index (χ0) is 19.4. The summed E-state index contributed by atoms with van der Waals surface area (Å²) in [5.41, 5.74) is 5.81. The maximum atomic E-state index is 13.1. The first-order valence-electron chi connectivity index (χ1n) is 8.84. The minimum absolute atomic E-state index is 0.0568. The van der Waals surface area contributed by atoms with Crippen molar-refractivity contribution in [3.63, 3.8) is 0 Å². The summed E-state index contributed by atoms with van der Waals surface area (Å²) in [5.74, 6) is 1.45. The zero-order valence-corrected chi connectivity index (χ0v) is 15.6. The number of amides is 2. The fraction of sp³-hybridized carbons (Fsp3) is 0.421. The summed E-state index contributed by atoms with van der Waals surface area (Å²) in [6.07, 6.45) is 5.16. The highest BCUT2D eigenvalue weighted by atomic mass is 16.5. The summed E-state index contributed by atoms with van der Waals surface area (Å²) in [5, 5.41) is 0. The molecule has 2 N–H and O–H groups in total. The van der Waals surface area contributed by atoms with Gasteiger partial charge in [0.25, 0.3) is 5.91 Å². The molecule has 2 amide bonds. The van der Waals surface area contributed by atoms with Gasteiger partial charge in [-0.2, -0.15) is 0 Å². The molecule has 0 saturated carbocycles. The maximum absolute atomic E-state index is 13.1. The van der Waals surface area contributed by atoms with Crippen LogP contribution in [0.2, 0.25) is 0 Å². The number of likely N-dealkylation sites (tertiary alicyclic amines) is 1. The topological polar surface area (TPSA) is 99.7 Å². The Morgan fingerprint density at radius 2 is 2.11 bits per heavy atom. The summed E-state index contributed by atoms with van der Waals surface area (Å²) in [4.78, 5) is 30.5. The number of carbonyl (C=O) groups excluding carboxylic acids is 2. The Morgan fingerprint density at radius 3 is 2.81 bits per heavy atom. The number of primary amides is 1. The molecule has 2 aromatic rings. The minimum atomic E-state index is -0.416. The second-order valence-electron chi connectivity index (χ2n) is 6.54. The maximum Gasteiger partial charge on any atom is 0.257 e. The number of hydrogen-bond donors (Lipinski definition) is 1. The Kier molecular flexibility index (Phi) is 5.63. The Morgan fingerprint density at radius 1 is 1.30 bits per heavy atom. The normalized spacial score (nSPS) is 16.8. The lowest BCUT2D eigenvalue weighted by Crippen LogP contribution is -2.40. The number of piperidine rings is 1. The van der Waals surface area contributed by atoms with Crippen molar-refractivity contribution in [2.24, 2.45) is 5.73 Å². The van der Waals surface area contributed by atoms with Crippen LogP contribution in [-0.4, -0.2) is 53.6 Å². The number of ether oxygens (including phenoxy) is 2. The molecular formula is C19H24N4O4. The first-order chi connectivity index (χ1) is 13.0. The van der Waals surface area contributed by atoms with Gasteiger partial charge in [0.1, 0.15) is 23.9 Å². The lowest BCUT2D eigenvalue weighted by Gasteiger charge is -2.33. The van der Waals surface area contributed by atoms with E-state index < -0.39 is 5.91 Å². The molecule has 27 heavy (non-hydrogen) atoms. The molecule has 1 fully saturated rings. The van der Waals surface area contributed by atoms with Crippen LogP contribution in [0.3, 0.4) is 0 Å². The van der Waals surface area contributed by atoms with Crippen LogP contribution in [0.25, 0.3) is 0 Å². The third-order valence-electron chi connectivity index (χ3n) is 4.79. The smallest absolute Gasteiger partial charge is 0.257 e. The predicted molar refractivity (Wildman–Crippen MR) is 98.8 cm³/mol. The van der Waals surface area contributed by atoms with E-state index in [0.29, 0.717) is 30.2 Å². The standard InChI is InChI=1S/C19H24N4O4/c1-26-14-5-6-15(16(10-14)27-2)19(25)23-8-3-4-13(11-23)18-21-7-9-22(18)12-17(20)24/h5-7,9-10,13H,3-4,8,11-12H2,1-2H3,(H2,20,24). The van der Waals surface area contributed by atoms with E-state index in [-0.39, 0.29) is 18.4 Å². The van der Waals surface area contributed by atoms with E-state index in [1.165, 1.54) is 7.11 Å². The van der Waals surface area contributed by atoms with Crippen molar-refractivity contribution >= 4 is 11.8 Å². The molecule has 1 atom stereocenters. The van der Waals surface area contributed by atoms with Gasteiger partial charge in [-0.1, -0.05) is 0 Å². The number of carbonyl (C=O) groups is 2. The van der Waals surface area contributed by atoms with Crippen LogP contribution >= 0.6 is 0 Å². The molecule has 8 nitrogen and oxygen atoms in total. The molecule has 0 aliphatic carbocycles. The van der Waals surface area contributed by atoms with Crippen molar-refractivity contribution in [3.8, 4) is 11.5 Å². The van der Waals surface area contributed by atoms with Crippen LogP contribution in [0.4, 0.5) is 0 Å². The SMILES string of the molecule is COc1ccc(C(=O)N2CCCC(c3nccn3CC(N)=O)C2)c(OC)c1. The Hall–Kier alpha value is -3.03. The van der Waals surface area contributed by atoms with Crippen LogP contribution in [0.1, 0.15) is 34.9 Å². The third-order valence-corrected chi connectivity index (χ3v) is 4.79. The number of imidazole rings is 1. The highest BCUT2D eigenvalue weighted by Gasteiger charge is 2.29. The van der Waals surface area contributed by atoms with E-state index in [0.717, 1.165) is 18.7 Å². The molecule has 1 unspecified atom stereocenters. The molecule has 1 aliphatic rings. The molecule has 8 heteroatoms. The first-order valence-corrected chi connectivity index (χ1v) is 8.84. The van der Waals surface area contributed by atoms with Gasteiger partial charge >= 0.3 is 0 Å². The summed E-state index contributed by atoms with van der Waals surface area (Å²) >= 11 is 0. The number of nitrogens with zero attached hydrogens (tertiary/aromatic N) is 3. The monoisotopic (exact) mass is 372 g/mol. The number of hydrogen-bond acceptors (Lipinski definition) is 5. The van der Waals surface area contributed by atoms with Gasteiger partial charge in [-0.25, -0.2) is 4.98 Å². The van der Waals surface area contributed by atoms with Gasteiger partial charge in [-0.3, -0.25) is 9.59 Å².